The van der Waals surface area contributed by atoms with E-state index in [1.165, 1.54) is 0 Å². The second-order valence-corrected chi connectivity index (χ2v) is 5.02. The molecule has 0 aliphatic rings. The van der Waals surface area contributed by atoms with E-state index in [0.29, 0.717) is 22.8 Å². The Morgan fingerprint density at radius 1 is 1.10 bits per heavy atom. The number of carbonyl (C=O) groups excluding carboxylic acids is 2. The third-order valence-electron chi connectivity index (χ3n) is 2.88. The summed E-state index contributed by atoms with van der Waals surface area (Å²) in [6.45, 7) is 3.65. The van der Waals surface area contributed by atoms with Crippen LogP contribution in [0.15, 0.2) is 36.5 Å². The van der Waals surface area contributed by atoms with E-state index in [-0.39, 0.29) is 17.7 Å². The molecular weight excluding hydrogens is 268 g/mol. The Hall–Kier alpha value is -2.76. The number of rotatable bonds is 4. The first-order valence-electron chi connectivity index (χ1n) is 6.62. The molecule has 2 amide bonds. The molecule has 0 radical (unpaired) electrons. The minimum atomic E-state index is -0.273. The Kier molecular flexibility index (Phi) is 4.27. The van der Waals surface area contributed by atoms with Crippen molar-refractivity contribution < 1.29 is 9.59 Å². The van der Waals surface area contributed by atoms with Crippen molar-refractivity contribution in [3.05, 3.63) is 42.2 Å². The van der Waals surface area contributed by atoms with Crippen molar-refractivity contribution >= 4 is 28.9 Å². The predicted molar refractivity (Wildman–Crippen MR) is 83.1 cm³/mol. The topological polar surface area (TPSA) is 100 Å². The van der Waals surface area contributed by atoms with Crippen LogP contribution >= 0.6 is 0 Å². The maximum Gasteiger partial charge on any atom is 0.272 e. The largest absolute Gasteiger partial charge is 0.397 e. The van der Waals surface area contributed by atoms with Crippen LogP contribution in [-0.4, -0.2) is 16.8 Å². The van der Waals surface area contributed by atoms with E-state index in [0.717, 1.165) is 0 Å². The highest BCUT2D eigenvalue weighted by Gasteiger charge is 2.09. The summed E-state index contributed by atoms with van der Waals surface area (Å²) in [4.78, 5) is 26.3. The molecule has 1 aromatic heterocycles. The van der Waals surface area contributed by atoms with E-state index in [2.05, 4.69) is 15.6 Å². The number of carbonyl (C=O) groups is 2. The van der Waals surface area contributed by atoms with E-state index < -0.39 is 0 Å². The second-order valence-electron chi connectivity index (χ2n) is 5.02. The fraction of sp³-hybridized carbons (Fsp3) is 0.200. The molecule has 0 saturated heterocycles. The number of nitrogens with two attached hydrogens (primary N) is 1. The lowest BCUT2D eigenvalue weighted by Crippen LogP contribution is -2.17. The van der Waals surface area contributed by atoms with Crippen LogP contribution in [0, 0.1) is 5.92 Å². The van der Waals surface area contributed by atoms with Gasteiger partial charge in [-0.1, -0.05) is 13.8 Å². The van der Waals surface area contributed by atoms with Gasteiger partial charge in [0.2, 0.25) is 5.91 Å². The molecule has 1 aromatic carbocycles. The van der Waals surface area contributed by atoms with Crippen LogP contribution in [-0.2, 0) is 4.79 Å². The fourth-order valence-electron chi connectivity index (χ4n) is 1.66. The lowest BCUT2D eigenvalue weighted by molar-refractivity contribution is -0.118. The van der Waals surface area contributed by atoms with E-state index in [1.54, 1.807) is 36.5 Å². The minimum Gasteiger partial charge on any atom is -0.397 e. The van der Waals surface area contributed by atoms with Crippen molar-refractivity contribution in [2.75, 3.05) is 16.4 Å². The van der Waals surface area contributed by atoms with Crippen molar-refractivity contribution in [1.29, 1.82) is 0 Å². The Bertz CT molecular complexity index is 644. The summed E-state index contributed by atoms with van der Waals surface area (Å²) in [5, 5.41) is 5.52. The van der Waals surface area contributed by atoms with Gasteiger partial charge in [0.05, 0.1) is 0 Å². The Morgan fingerprint density at radius 3 is 2.14 bits per heavy atom. The van der Waals surface area contributed by atoms with Gasteiger partial charge in [-0.15, -0.1) is 0 Å². The number of nitrogen functional groups attached to an aromatic ring is 1. The molecule has 6 heteroatoms. The third kappa shape index (κ3) is 3.85. The normalized spacial score (nSPS) is 10.4. The third-order valence-corrected chi connectivity index (χ3v) is 2.88. The van der Waals surface area contributed by atoms with Crippen LogP contribution in [0.3, 0.4) is 0 Å². The first-order valence-corrected chi connectivity index (χ1v) is 6.62. The molecule has 1 heterocycles. The molecule has 2 rings (SSSR count). The number of anilines is 3. The molecule has 0 saturated carbocycles. The van der Waals surface area contributed by atoms with Crippen LogP contribution in [0.5, 0.6) is 0 Å². The molecular formula is C15H18N4O2. The Morgan fingerprint density at radius 2 is 1.67 bits per heavy atom. The van der Waals surface area contributed by atoms with Crippen LogP contribution in [0.4, 0.5) is 17.1 Å². The van der Waals surface area contributed by atoms with Crippen molar-refractivity contribution in [2.24, 2.45) is 5.92 Å². The molecule has 0 aliphatic carbocycles. The van der Waals surface area contributed by atoms with Gasteiger partial charge in [0.1, 0.15) is 5.69 Å². The highest BCUT2D eigenvalue weighted by molar-refractivity contribution is 6.03. The van der Waals surface area contributed by atoms with Crippen LogP contribution in [0.1, 0.15) is 24.3 Å². The number of hydrogen-bond acceptors (Lipinski definition) is 3. The zero-order chi connectivity index (χ0) is 15.4. The van der Waals surface area contributed by atoms with Crippen molar-refractivity contribution in [3.63, 3.8) is 0 Å². The van der Waals surface area contributed by atoms with E-state index in [4.69, 9.17) is 5.73 Å². The molecule has 0 aliphatic heterocycles. The Balaban J connectivity index is 1.99. The van der Waals surface area contributed by atoms with E-state index >= 15 is 0 Å². The summed E-state index contributed by atoms with van der Waals surface area (Å²) in [5.41, 5.74) is 7.77. The van der Waals surface area contributed by atoms with Gasteiger partial charge in [-0.3, -0.25) is 9.59 Å². The van der Waals surface area contributed by atoms with Gasteiger partial charge in [0.15, 0.2) is 0 Å². The standard InChI is InChI=1S/C15H18N4O2/c1-9(2)14(20)18-11-3-5-12(6-4-11)19-15(21)13-7-10(16)8-17-13/h3-9,17H,16H2,1-2H3,(H,18,20)(H,19,21). The summed E-state index contributed by atoms with van der Waals surface area (Å²) in [5.74, 6) is -0.401. The van der Waals surface area contributed by atoms with Crippen LogP contribution < -0.4 is 16.4 Å². The van der Waals surface area contributed by atoms with Gasteiger partial charge in [-0.2, -0.15) is 0 Å². The molecule has 0 bridgehead atoms. The summed E-state index contributed by atoms with van der Waals surface area (Å²) < 4.78 is 0. The summed E-state index contributed by atoms with van der Waals surface area (Å²) in [6, 6.07) is 8.48. The maximum absolute atomic E-state index is 11.9. The molecule has 110 valence electrons. The summed E-state index contributed by atoms with van der Waals surface area (Å²) in [7, 11) is 0. The van der Waals surface area contributed by atoms with Gasteiger partial charge in [-0.05, 0) is 30.3 Å². The first kappa shape index (κ1) is 14.6. The molecule has 21 heavy (non-hydrogen) atoms. The van der Waals surface area contributed by atoms with E-state index in [9.17, 15) is 9.59 Å². The number of aromatic nitrogens is 1. The van der Waals surface area contributed by atoms with Crippen molar-refractivity contribution in [3.8, 4) is 0 Å². The molecule has 2 aromatic rings. The van der Waals surface area contributed by atoms with Gasteiger partial charge in [0, 0.05) is 29.2 Å². The number of amides is 2. The zero-order valence-electron chi connectivity index (χ0n) is 11.9. The van der Waals surface area contributed by atoms with Gasteiger partial charge in [0.25, 0.3) is 5.91 Å². The monoisotopic (exact) mass is 286 g/mol. The first-order chi connectivity index (χ1) is 9.95. The smallest absolute Gasteiger partial charge is 0.272 e. The van der Waals surface area contributed by atoms with Gasteiger partial charge in [-0.25, -0.2) is 0 Å². The second kappa shape index (κ2) is 6.13. The molecule has 0 fully saturated rings. The summed E-state index contributed by atoms with van der Waals surface area (Å²) >= 11 is 0. The average molecular weight is 286 g/mol. The van der Waals surface area contributed by atoms with Gasteiger partial charge >= 0.3 is 0 Å². The number of H-pyrrole nitrogens is 1. The minimum absolute atomic E-state index is 0.0475. The van der Waals surface area contributed by atoms with Crippen LogP contribution in [0.25, 0.3) is 0 Å². The average Bonchev–Trinajstić information content (AvgIpc) is 2.87. The SMILES string of the molecule is CC(C)C(=O)Nc1ccc(NC(=O)c2cc(N)c[nH]2)cc1. The van der Waals surface area contributed by atoms with Crippen LogP contribution in [0.2, 0.25) is 0 Å². The zero-order valence-corrected chi connectivity index (χ0v) is 11.9. The van der Waals surface area contributed by atoms with Crippen molar-refractivity contribution in [2.45, 2.75) is 13.8 Å². The molecule has 5 N–H and O–H groups in total. The maximum atomic E-state index is 11.9. The lowest BCUT2D eigenvalue weighted by atomic mass is 10.2. The number of hydrogen-bond donors (Lipinski definition) is 4. The fourth-order valence-corrected chi connectivity index (χ4v) is 1.66. The van der Waals surface area contributed by atoms with Gasteiger partial charge < -0.3 is 21.4 Å². The highest BCUT2D eigenvalue weighted by Crippen LogP contribution is 2.15. The molecule has 6 nitrogen and oxygen atoms in total. The highest BCUT2D eigenvalue weighted by atomic mass is 16.2. The van der Waals surface area contributed by atoms with E-state index in [1.807, 2.05) is 13.8 Å². The Labute approximate surface area is 122 Å². The number of benzene rings is 1. The quantitative estimate of drug-likeness (QED) is 0.694. The number of nitrogens with one attached hydrogen (secondary N) is 3. The number of aromatic amines is 1. The summed E-state index contributed by atoms with van der Waals surface area (Å²) in [6.07, 6.45) is 1.56. The lowest BCUT2D eigenvalue weighted by Gasteiger charge is -2.09. The van der Waals surface area contributed by atoms with Crippen molar-refractivity contribution in [1.82, 2.24) is 4.98 Å². The molecule has 0 unspecified atom stereocenters. The molecule has 0 atom stereocenters. The predicted octanol–water partition coefficient (Wildman–Crippen LogP) is 2.44. The molecule has 0 spiro atoms.